The van der Waals surface area contributed by atoms with E-state index in [0.717, 1.165) is 36.6 Å². The minimum Gasteiger partial charge on any atom is -0.373 e. The van der Waals surface area contributed by atoms with Crippen molar-refractivity contribution in [3.05, 3.63) is 33.7 Å². The summed E-state index contributed by atoms with van der Waals surface area (Å²) in [5.41, 5.74) is 3.40. The fourth-order valence-electron chi connectivity index (χ4n) is 3.30. The Bertz CT molecular complexity index is 868. The number of rotatable bonds is 5. The van der Waals surface area contributed by atoms with Gasteiger partial charge >= 0.3 is 0 Å². The Labute approximate surface area is 169 Å². The molecule has 9 heteroatoms. The Morgan fingerprint density at radius 2 is 2.18 bits per heavy atom. The monoisotopic (exact) mass is 402 g/mol. The topological polar surface area (TPSA) is 91.3 Å². The summed E-state index contributed by atoms with van der Waals surface area (Å²) in [6.07, 6.45) is 1.89. The van der Waals surface area contributed by atoms with Crippen molar-refractivity contribution >= 4 is 29.0 Å². The number of hydrogen-bond acceptors (Lipinski definition) is 7. The normalized spacial score (nSPS) is 16.7. The second kappa shape index (κ2) is 8.64. The zero-order valence-electron chi connectivity index (χ0n) is 16.7. The first-order chi connectivity index (χ1) is 13.4. The zero-order valence-corrected chi connectivity index (χ0v) is 17.5. The molecule has 0 saturated carbocycles. The minimum atomic E-state index is -0.0330. The summed E-state index contributed by atoms with van der Waals surface area (Å²) in [7, 11) is 3.55. The van der Waals surface area contributed by atoms with Gasteiger partial charge in [0.1, 0.15) is 16.5 Å². The maximum atomic E-state index is 12.9. The lowest BCUT2D eigenvalue weighted by Crippen LogP contribution is -2.39. The molecule has 1 atom stereocenters. The lowest BCUT2D eigenvalue weighted by molar-refractivity contribution is -0.128. The molecule has 2 aromatic heterocycles. The van der Waals surface area contributed by atoms with Gasteiger partial charge in [-0.2, -0.15) is 0 Å². The van der Waals surface area contributed by atoms with Gasteiger partial charge < -0.3 is 15.1 Å². The summed E-state index contributed by atoms with van der Waals surface area (Å²) in [4.78, 5) is 42.0. The van der Waals surface area contributed by atoms with Crippen LogP contribution in [0.4, 0.5) is 5.82 Å². The Morgan fingerprint density at radius 1 is 1.39 bits per heavy atom. The van der Waals surface area contributed by atoms with Crippen LogP contribution in [-0.4, -0.2) is 63.8 Å². The van der Waals surface area contributed by atoms with Crippen LogP contribution in [0.5, 0.6) is 0 Å². The molecular formula is C19H26N6O2S. The molecule has 1 aliphatic rings. The summed E-state index contributed by atoms with van der Waals surface area (Å²) >= 11 is 1.39. The number of carbonyl (C=O) groups excluding carboxylic acids is 2. The molecule has 0 bridgehead atoms. The maximum absolute atomic E-state index is 12.9. The fourth-order valence-corrected chi connectivity index (χ4v) is 4.07. The molecule has 150 valence electrons. The van der Waals surface area contributed by atoms with Crippen LogP contribution in [0.3, 0.4) is 0 Å². The van der Waals surface area contributed by atoms with Crippen LogP contribution in [0.25, 0.3) is 0 Å². The molecule has 0 aromatic carbocycles. The van der Waals surface area contributed by atoms with Crippen LogP contribution >= 0.6 is 11.3 Å². The van der Waals surface area contributed by atoms with Crippen LogP contribution in [0, 0.1) is 6.92 Å². The Hall–Kier alpha value is -2.55. The highest BCUT2D eigenvalue weighted by molar-refractivity contribution is 7.11. The van der Waals surface area contributed by atoms with Gasteiger partial charge in [0.2, 0.25) is 5.91 Å². The molecule has 0 radical (unpaired) electrons. The minimum absolute atomic E-state index is 0.0330. The van der Waals surface area contributed by atoms with Gasteiger partial charge in [-0.3, -0.25) is 9.59 Å². The SMILES string of the molecule is CNc1cc(C2CCCN(C(=O)c3scnc3C)C2)nc(CN(C)C(C)=O)n1. The Morgan fingerprint density at radius 3 is 2.82 bits per heavy atom. The van der Waals surface area contributed by atoms with Gasteiger partial charge in [-0.25, -0.2) is 15.0 Å². The second-order valence-electron chi connectivity index (χ2n) is 7.08. The average molecular weight is 403 g/mol. The van der Waals surface area contributed by atoms with E-state index in [1.54, 1.807) is 17.5 Å². The van der Waals surface area contributed by atoms with E-state index in [2.05, 4.69) is 15.3 Å². The third-order valence-corrected chi connectivity index (χ3v) is 5.95. The van der Waals surface area contributed by atoms with Gasteiger partial charge in [-0.15, -0.1) is 11.3 Å². The lowest BCUT2D eigenvalue weighted by Gasteiger charge is -2.32. The molecular weight excluding hydrogens is 376 g/mol. The van der Waals surface area contributed by atoms with Crippen molar-refractivity contribution in [2.24, 2.45) is 0 Å². The molecule has 1 N–H and O–H groups in total. The number of likely N-dealkylation sites (tertiary alicyclic amines) is 1. The van der Waals surface area contributed by atoms with E-state index in [1.165, 1.54) is 18.3 Å². The van der Waals surface area contributed by atoms with Gasteiger partial charge in [0, 0.05) is 46.1 Å². The van der Waals surface area contributed by atoms with Crippen LogP contribution in [0.2, 0.25) is 0 Å². The van der Waals surface area contributed by atoms with Crippen molar-refractivity contribution in [1.82, 2.24) is 24.8 Å². The number of anilines is 1. The predicted octanol–water partition coefficient (Wildman–Crippen LogP) is 2.28. The van der Waals surface area contributed by atoms with Crippen LogP contribution in [0.15, 0.2) is 11.6 Å². The smallest absolute Gasteiger partial charge is 0.265 e. The zero-order chi connectivity index (χ0) is 20.3. The van der Waals surface area contributed by atoms with E-state index in [-0.39, 0.29) is 17.7 Å². The first-order valence-electron chi connectivity index (χ1n) is 9.35. The highest BCUT2D eigenvalue weighted by Crippen LogP contribution is 2.29. The van der Waals surface area contributed by atoms with Crippen molar-refractivity contribution in [3.8, 4) is 0 Å². The number of thiazole rings is 1. The van der Waals surface area contributed by atoms with Gasteiger partial charge in [0.15, 0.2) is 0 Å². The molecule has 1 fully saturated rings. The number of piperidine rings is 1. The molecule has 2 amide bonds. The Kier molecular flexibility index (Phi) is 6.23. The molecule has 0 spiro atoms. The second-order valence-corrected chi connectivity index (χ2v) is 7.93. The van der Waals surface area contributed by atoms with E-state index in [9.17, 15) is 9.59 Å². The first-order valence-corrected chi connectivity index (χ1v) is 10.2. The molecule has 0 aliphatic carbocycles. The molecule has 1 unspecified atom stereocenters. The number of amides is 2. The first kappa shape index (κ1) is 20.2. The molecule has 1 saturated heterocycles. The Balaban J connectivity index is 1.81. The third-order valence-electron chi connectivity index (χ3n) is 5.03. The van der Waals surface area contributed by atoms with Crippen molar-refractivity contribution in [3.63, 3.8) is 0 Å². The van der Waals surface area contributed by atoms with Crippen molar-refractivity contribution in [2.45, 2.75) is 39.2 Å². The maximum Gasteiger partial charge on any atom is 0.265 e. The summed E-state index contributed by atoms with van der Waals surface area (Å²) in [6.45, 7) is 5.11. The largest absolute Gasteiger partial charge is 0.373 e. The van der Waals surface area contributed by atoms with E-state index in [0.29, 0.717) is 23.8 Å². The van der Waals surface area contributed by atoms with Crippen LogP contribution in [-0.2, 0) is 11.3 Å². The number of hydrogen-bond donors (Lipinski definition) is 1. The summed E-state index contributed by atoms with van der Waals surface area (Å²) in [5, 5.41) is 3.07. The molecule has 2 aromatic rings. The highest BCUT2D eigenvalue weighted by Gasteiger charge is 2.28. The molecule has 28 heavy (non-hydrogen) atoms. The van der Waals surface area contributed by atoms with Crippen molar-refractivity contribution in [2.75, 3.05) is 32.5 Å². The molecule has 1 aliphatic heterocycles. The molecule has 3 rings (SSSR count). The van der Waals surface area contributed by atoms with Gasteiger partial charge in [0.05, 0.1) is 23.4 Å². The number of nitrogens with zero attached hydrogens (tertiary/aromatic N) is 5. The van der Waals surface area contributed by atoms with Crippen molar-refractivity contribution < 1.29 is 9.59 Å². The van der Waals surface area contributed by atoms with Crippen LogP contribution in [0.1, 0.15) is 52.6 Å². The summed E-state index contributed by atoms with van der Waals surface area (Å²) < 4.78 is 0. The fraction of sp³-hybridized carbons (Fsp3) is 0.526. The molecule has 8 nitrogen and oxygen atoms in total. The third kappa shape index (κ3) is 4.46. The van der Waals surface area contributed by atoms with Gasteiger partial charge in [-0.1, -0.05) is 0 Å². The standard InChI is InChI=1S/C19H26N6O2S/c1-12-18(28-11-21-12)19(27)25-7-5-6-14(9-25)15-8-16(20-3)23-17(22-15)10-24(4)13(2)26/h8,11,14H,5-7,9-10H2,1-4H3,(H,20,22,23). The lowest BCUT2D eigenvalue weighted by atomic mass is 9.94. The quantitative estimate of drug-likeness (QED) is 0.825. The number of carbonyl (C=O) groups is 2. The summed E-state index contributed by atoms with van der Waals surface area (Å²) in [6, 6.07) is 1.94. The number of aryl methyl sites for hydroxylation is 1. The van der Waals surface area contributed by atoms with Gasteiger partial charge in [0.25, 0.3) is 5.91 Å². The highest BCUT2D eigenvalue weighted by atomic mass is 32.1. The van der Waals surface area contributed by atoms with Crippen LogP contribution < -0.4 is 5.32 Å². The average Bonchev–Trinajstić information content (AvgIpc) is 3.13. The van der Waals surface area contributed by atoms with Gasteiger partial charge in [-0.05, 0) is 19.8 Å². The molecule has 3 heterocycles. The number of nitrogens with one attached hydrogen (secondary N) is 1. The van der Waals surface area contributed by atoms with E-state index in [1.807, 2.05) is 24.9 Å². The predicted molar refractivity (Wildman–Crippen MR) is 108 cm³/mol. The van der Waals surface area contributed by atoms with Crippen molar-refractivity contribution in [1.29, 1.82) is 0 Å². The van der Waals surface area contributed by atoms with E-state index < -0.39 is 0 Å². The van der Waals surface area contributed by atoms with E-state index in [4.69, 9.17) is 4.98 Å². The van der Waals surface area contributed by atoms with E-state index >= 15 is 0 Å². The number of aromatic nitrogens is 3. The summed E-state index contributed by atoms with van der Waals surface area (Å²) in [5.74, 6) is 1.47.